The number of hydrogen-bond acceptors (Lipinski definition) is 9. The molecule has 2 saturated heterocycles. The zero-order valence-electron chi connectivity index (χ0n) is 21.6. The maximum atomic E-state index is 13.3. The molecule has 11 nitrogen and oxygen atoms in total. The van der Waals surface area contributed by atoms with Gasteiger partial charge >= 0.3 is 12.5 Å². The van der Waals surface area contributed by atoms with Crippen molar-refractivity contribution in [2.75, 3.05) is 50.8 Å². The van der Waals surface area contributed by atoms with Crippen LogP contribution < -0.4 is 20.9 Å². The molecule has 3 aliphatic rings. The molecule has 2 fully saturated rings. The van der Waals surface area contributed by atoms with E-state index in [0.717, 1.165) is 12.3 Å². The Morgan fingerprint density at radius 3 is 2.62 bits per heavy atom. The largest absolute Gasteiger partial charge is 0.488 e. The van der Waals surface area contributed by atoms with E-state index in [2.05, 4.69) is 20.9 Å². The number of aliphatic hydroxyl groups excluding tert-OH is 1. The van der Waals surface area contributed by atoms with Gasteiger partial charge in [-0.15, -0.1) is 13.2 Å². The fourth-order valence-electron chi connectivity index (χ4n) is 5.03. The lowest BCUT2D eigenvalue weighted by atomic mass is 10.1. The summed E-state index contributed by atoms with van der Waals surface area (Å²) in [6, 6.07) is -0.136. The molecule has 1 aromatic rings. The van der Waals surface area contributed by atoms with E-state index in [0.29, 0.717) is 37.6 Å². The Morgan fingerprint density at radius 1 is 1.20 bits per heavy atom. The predicted octanol–water partition coefficient (Wildman–Crippen LogP) is 0.202. The third-order valence-corrected chi connectivity index (χ3v) is 7.03. The predicted molar refractivity (Wildman–Crippen MR) is 127 cm³/mol. The number of halogens is 6. The molecule has 40 heavy (non-hydrogen) atoms. The highest BCUT2D eigenvalue weighted by atomic mass is 19.4. The van der Waals surface area contributed by atoms with Crippen molar-refractivity contribution in [1.29, 1.82) is 0 Å². The van der Waals surface area contributed by atoms with Gasteiger partial charge in [-0.3, -0.25) is 14.9 Å². The molecule has 4 N–H and O–H groups in total. The van der Waals surface area contributed by atoms with E-state index in [1.165, 1.54) is 6.92 Å². The van der Waals surface area contributed by atoms with Gasteiger partial charge in [0.1, 0.15) is 12.0 Å². The van der Waals surface area contributed by atoms with Crippen LogP contribution in [-0.2, 0) is 27.0 Å². The molecule has 3 aliphatic heterocycles. The van der Waals surface area contributed by atoms with Crippen LogP contribution in [0.1, 0.15) is 24.5 Å². The standard InChI is InChI=1S/C23H31F6N7O4/c1-13(33-17-10-31-11-19(38)36(17)23(27,28)29)21(39)40-5-2-18(37)34-3-4-35-16(12-34)9-30-7-14-6-15(22(24,25)26)8-32-20(14)35/h6,8,13,16-17,21,30-31,33,39H,2-5,7,9-12H2,1H3/t13?,16-,17?,21-/m0/s1. The molecule has 4 rings (SSSR count). The second-order valence-electron chi connectivity index (χ2n) is 9.87. The summed E-state index contributed by atoms with van der Waals surface area (Å²) in [7, 11) is 0. The van der Waals surface area contributed by atoms with Gasteiger partial charge in [0, 0.05) is 51.0 Å². The van der Waals surface area contributed by atoms with E-state index in [1.807, 2.05) is 4.90 Å². The number of anilines is 1. The SMILES string of the molecule is CC(NC1CNCC(=O)N1C(F)(F)F)[C@@H](O)OCCC(=O)N1CCN2c3ncc(C(F)(F)F)cc3CNC[C@H]2C1. The summed E-state index contributed by atoms with van der Waals surface area (Å²) in [6.45, 7) is 2.12. The minimum Gasteiger partial charge on any atom is -0.367 e. The van der Waals surface area contributed by atoms with E-state index in [-0.39, 0.29) is 43.0 Å². The van der Waals surface area contributed by atoms with Gasteiger partial charge in [0.15, 0.2) is 6.29 Å². The van der Waals surface area contributed by atoms with Crippen molar-refractivity contribution in [3.63, 3.8) is 0 Å². The van der Waals surface area contributed by atoms with Crippen LogP contribution in [0.4, 0.5) is 32.2 Å². The quantitative estimate of drug-likeness (QED) is 0.203. The molecule has 2 amide bonds. The summed E-state index contributed by atoms with van der Waals surface area (Å²) in [5, 5.41) is 18.5. The number of fused-ring (bicyclic) bond motifs is 3. The second kappa shape index (κ2) is 12.0. The highest BCUT2D eigenvalue weighted by molar-refractivity contribution is 5.79. The van der Waals surface area contributed by atoms with Crippen LogP contribution in [0.3, 0.4) is 0 Å². The third kappa shape index (κ3) is 6.94. The molecular weight excluding hydrogens is 552 g/mol. The first kappa shape index (κ1) is 30.2. The van der Waals surface area contributed by atoms with Gasteiger partial charge < -0.3 is 30.3 Å². The Balaban J connectivity index is 1.26. The lowest BCUT2D eigenvalue weighted by Gasteiger charge is -2.41. The van der Waals surface area contributed by atoms with Crippen LogP contribution in [0.2, 0.25) is 0 Å². The number of nitrogens with one attached hydrogen (secondary N) is 3. The zero-order chi connectivity index (χ0) is 29.2. The topological polar surface area (TPSA) is 122 Å². The monoisotopic (exact) mass is 583 g/mol. The first-order chi connectivity index (χ1) is 18.8. The number of carbonyl (C=O) groups excluding carboxylic acids is 2. The normalized spacial score (nSPS) is 23.8. The summed E-state index contributed by atoms with van der Waals surface area (Å²) in [6.07, 6.45) is -11.7. The van der Waals surface area contributed by atoms with Gasteiger partial charge in [-0.05, 0) is 13.0 Å². The summed E-state index contributed by atoms with van der Waals surface area (Å²) in [5.41, 5.74) is -0.400. The molecule has 2 unspecified atom stereocenters. The Hall–Kier alpha value is -2.73. The number of ether oxygens (including phenoxy) is 1. The van der Waals surface area contributed by atoms with E-state index in [4.69, 9.17) is 4.74 Å². The van der Waals surface area contributed by atoms with Gasteiger partial charge in [0.2, 0.25) is 11.8 Å². The van der Waals surface area contributed by atoms with Crippen LogP contribution in [-0.4, -0.2) is 108 Å². The van der Waals surface area contributed by atoms with E-state index >= 15 is 0 Å². The zero-order valence-corrected chi connectivity index (χ0v) is 21.6. The lowest BCUT2D eigenvalue weighted by Crippen LogP contribution is -2.66. The highest BCUT2D eigenvalue weighted by Crippen LogP contribution is 2.33. The number of aliphatic hydroxyl groups is 1. The molecule has 0 spiro atoms. The number of hydrogen-bond donors (Lipinski definition) is 4. The second-order valence-corrected chi connectivity index (χ2v) is 9.87. The molecule has 224 valence electrons. The van der Waals surface area contributed by atoms with Crippen molar-refractivity contribution >= 4 is 17.6 Å². The van der Waals surface area contributed by atoms with Gasteiger partial charge in [-0.2, -0.15) is 13.2 Å². The smallest absolute Gasteiger partial charge is 0.367 e. The summed E-state index contributed by atoms with van der Waals surface area (Å²) in [5.74, 6) is -0.983. The minimum absolute atomic E-state index is 0.105. The molecule has 17 heteroatoms. The number of nitrogens with zero attached hydrogens (tertiary/aromatic N) is 4. The van der Waals surface area contributed by atoms with Crippen molar-refractivity contribution in [2.45, 2.75) is 56.9 Å². The number of pyridine rings is 1. The van der Waals surface area contributed by atoms with Gasteiger partial charge in [0.05, 0.1) is 37.2 Å². The Bertz CT molecular complexity index is 1080. The molecule has 4 atom stereocenters. The van der Waals surface area contributed by atoms with E-state index in [9.17, 15) is 41.0 Å². The summed E-state index contributed by atoms with van der Waals surface area (Å²) >= 11 is 0. The van der Waals surface area contributed by atoms with Crippen LogP contribution in [0.25, 0.3) is 0 Å². The van der Waals surface area contributed by atoms with Crippen LogP contribution in [0.15, 0.2) is 12.3 Å². The first-order valence-corrected chi connectivity index (χ1v) is 12.7. The van der Waals surface area contributed by atoms with Crippen molar-refractivity contribution in [3.05, 3.63) is 23.4 Å². The van der Waals surface area contributed by atoms with Crippen molar-refractivity contribution in [3.8, 4) is 0 Å². The number of aromatic nitrogens is 1. The van der Waals surface area contributed by atoms with Crippen LogP contribution in [0, 0.1) is 0 Å². The molecule has 0 saturated carbocycles. The van der Waals surface area contributed by atoms with Gasteiger partial charge in [-0.1, -0.05) is 0 Å². The van der Waals surface area contributed by atoms with Crippen LogP contribution in [0.5, 0.6) is 0 Å². The van der Waals surface area contributed by atoms with Crippen molar-refractivity contribution in [2.24, 2.45) is 0 Å². The Labute approximate surface area is 225 Å². The Morgan fingerprint density at radius 2 is 1.93 bits per heavy atom. The molecular formula is C23H31F6N7O4. The highest BCUT2D eigenvalue weighted by Gasteiger charge is 2.47. The number of alkyl halides is 6. The van der Waals surface area contributed by atoms with Gasteiger partial charge in [0.25, 0.3) is 0 Å². The summed E-state index contributed by atoms with van der Waals surface area (Å²) in [4.78, 5) is 31.9. The lowest BCUT2D eigenvalue weighted by molar-refractivity contribution is -0.258. The molecule has 0 aromatic carbocycles. The maximum Gasteiger partial charge on any atom is 0.488 e. The van der Waals surface area contributed by atoms with Crippen molar-refractivity contribution in [1.82, 2.24) is 30.7 Å². The maximum absolute atomic E-state index is 13.3. The van der Waals surface area contributed by atoms with Crippen LogP contribution >= 0.6 is 0 Å². The molecule has 1 aromatic heterocycles. The summed E-state index contributed by atoms with van der Waals surface area (Å²) < 4.78 is 84.4. The molecule has 0 bridgehead atoms. The fraction of sp³-hybridized carbons (Fsp3) is 0.696. The number of amides is 2. The van der Waals surface area contributed by atoms with E-state index in [1.54, 1.807) is 4.90 Å². The first-order valence-electron chi connectivity index (χ1n) is 12.7. The average Bonchev–Trinajstić information content (AvgIpc) is 3.05. The average molecular weight is 584 g/mol. The molecule has 0 radical (unpaired) electrons. The molecule has 0 aliphatic carbocycles. The molecule has 4 heterocycles. The Kier molecular flexibility index (Phi) is 9.08. The van der Waals surface area contributed by atoms with Crippen molar-refractivity contribution < 1.29 is 45.8 Å². The fourth-order valence-corrected chi connectivity index (χ4v) is 5.03. The number of piperazine rings is 2. The number of carbonyl (C=O) groups is 2. The number of rotatable bonds is 7. The van der Waals surface area contributed by atoms with Gasteiger partial charge in [-0.25, -0.2) is 9.88 Å². The third-order valence-electron chi connectivity index (χ3n) is 7.03. The van der Waals surface area contributed by atoms with E-state index < -0.39 is 49.0 Å². The minimum atomic E-state index is -4.89.